The van der Waals surface area contributed by atoms with Gasteiger partial charge in [-0.05, 0) is 20.3 Å². The summed E-state index contributed by atoms with van der Waals surface area (Å²) in [7, 11) is 0. The molecule has 0 aliphatic carbocycles. The van der Waals surface area contributed by atoms with Gasteiger partial charge in [0.2, 0.25) is 0 Å². The van der Waals surface area contributed by atoms with Gasteiger partial charge < -0.3 is 25.2 Å². The van der Waals surface area contributed by atoms with Gasteiger partial charge in [0.05, 0.1) is 25.4 Å². The highest BCUT2D eigenvalue weighted by Gasteiger charge is 2.27. The van der Waals surface area contributed by atoms with Crippen LogP contribution in [0, 0.1) is 0 Å². The predicted molar refractivity (Wildman–Crippen MR) is 93.4 cm³/mol. The number of guanidine groups is 1. The molecule has 10 heteroatoms. The largest absolute Gasteiger partial charge is 0.411 e. The predicted octanol–water partition coefficient (Wildman–Crippen LogP) is 0.594. The van der Waals surface area contributed by atoms with Gasteiger partial charge in [-0.3, -0.25) is 9.89 Å². The van der Waals surface area contributed by atoms with Crippen LogP contribution in [0.15, 0.2) is 4.99 Å². The molecule has 0 spiro atoms. The Morgan fingerprint density at radius 2 is 1.96 bits per heavy atom. The molecule has 1 rings (SSSR count). The molecular weight excluding hydrogens is 353 g/mol. The van der Waals surface area contributed by atoms with E-state index in [-0.39, 0.29) is 13.2 Å². The molecule has 1 saturated heterocycles. The maximum absolute atomic E-state index is 12.0. The molecule has 0 bridgehead atoms. The van der Waals surface area contributed by atoms with Gasteiger partial charge in [0.15, 0.2) is 5.96 Å². The van der Waals surface area contributed by atoms with Crippen molar-refractivity contribution < 1.29 is 27.8 Å². The molecule has 154 valence electrons. The standard InChI is InChI=1S/C16H31F3N4O3/c1-3-20-14(21-5-4-8-26-13-16(17,18)19)22-11-15(2,24)12-23-6-9-25-10-7-23/h24H,3-13H2,1-2H3,(H2,20,21,22). The maximum atomic E-state index is 12.0. The Balaban J connectivity index is 2.32. The maximum Gasteiger partial charge on any atom is 0.411 e. The number of nitrogens with zero attached hydrogens (tertiary/aromatic N) is 2. The zero-order chi connectivity index (χ0) is 19.5. The molecule has 0 radical (unpaired) electrons. The highest BCUT2D eigenvalue weighted by atomic mass is 19.4. The fraction of sp³-hybridized carbons (Fsp3) is 0.938. The number of hydrogen-bond acceptors (Lipinski definition) is 5. The molecule has 1 aliphatic rings. The summed E-state index contributed by atoms with van der Waals surface area (Å²) in [5, 5.41) is 16.6. The normalized spacial score (nSPS) is 19.2. The molecule has 1 heterocycles. The first-order valence-corrected chi connectivity index (χ1v) is 8.91. The molecule has 1 atom stereocenters. The average molecular weight is 384 g/mol. The SMILES string of the molecule is CCNC(=NCC(C)(O)CN1CCOCC1)NCCCOCC(F)(F)F. The van der Waals surface area contributed by atoms with Crippen molar-refractivity contribution in [3.05, 3.63) is 0 Å². The average Bonchev–Trinajstić information content (AvgIpc) is 2.55. The second-order valence-electron chi connectivity index (χ2n) is 6.53. The van der Waals surface area contributed by atoms with E-state index in [2.05, 4.69) is 25.3 Å². The molecule has 0 amide bonds. The first-order valence-electron chi connectivity index (χ1n) is 8.91. The van der Waals surface area contributed by atoms with Gasteiger partial charge in [-0.2, -0.15) is 13.2 Å². The number of aliphatic hydroxyl groups is 1. The fourth-order valence-corrected chi connectivity index (χ4v) is 2.45. The lowest BCUT2D eigenvalue weighted by atomic mass is 10.1. The lowest BCUT2D eigenvalue weighted by Crippen LogP contribution is -2.48. The third-order valence-corrected chi connectivity index (χ3v) is 3.61. The summed E-state index contributed by atoms with van der Waals surface area (Å²) in [4.78, 5) is 6.51. The van der Waals surface area contributed by atoms with E-state index in [0.717, 1.165) is 13.1 Å². The Bertz CT molecular complexity index is 414. The van der Waals surface area contributed by atoms with Crippen LogP contribution in [0.1, 0.15) is 20.3 Å². The van der Waals surface area contributed by atoms with Gasteiger partial charge in [-0.1, -0.05) is 0 Å². The monoisotopic (exact) mass is 384 g/mol. The van der Waals surface area contributed by atoms with E-state index < -0.39 is 18.4 Å². The van der Waals surface area contributed by atoms with E-state index >= 15 is 0 Å². The minimum atomic E-state index is -4.30. The van der Waals surface area contributed by atoms with Gasteiger partial charge >= 0.3 is 6.18 Å². The van der Waals surface area contributed by atoms with Gasteiger partial charge in [0, 0.05) is 39.3 Å². The lowest BCUT2D eigenvalue weighted by Gasteiger charge is -2.33. The number of aliphatic imine (C=N–C) groups is 1. The summed E-state index contributed by atoms with van der Waals surface area (Å²) >= 11 is 0. The number of alkyl halides is 3. The lowest BCUT2D eigenvalue weighted by molar-refractivity contribution is -0.173. The zero-order valence-corrected chi connectivity index (χ0v) is 15.6. The summed E-state index contributed by atoms with van der Waals surface area (Å²) < 4.78 is 45.8. The van der Waals surface area contributed by atoms with Gasteiger partial charge in [-0.25, -0.2) is 0 Å². The Morgan fingerprint density at radius 3 is 2.58 bits per heavy atom. The molecule has 1 unspecified atom stereocenters. The van der Waals surface area contributed by atoms with Crippen LogP contribution in [0.2, 0.25) is 0 Å². The molecule has 1 fully saturated rings. The third-order valence-electron chi connectivity index (χ3n) is 3.61. The van der Waals surface area contributed by atoms with Crippen molar-refractivity contribution in [1.29, 1.82) is 0 Å². The van der Waals surface area contributed by atoms with E-state index in [9.17, 15) is 18.3 Å². The van der Waals surface area contributed by atoms with Crippen molar-refractivity contribution in [1.82, 2.24) is 15.5 Å². The number of rotatable bonds is 10. The molecule has 7 nitrogen and oxygen atoms in total. The van der Waals surface area contributed by atoms with E-state index in [4.69, 9.17) is 4.74 Å². The van der Waals surface area contributed by atoms with Crippen LogP contribution in [0.25, 0.3) is 0 Å². The molecule has 0 saturated carbocycles. The van der Waals surface area contributed by atoms with E-state index in [1.807, 2.05) is 6.92 Å². The highest BCUT2D eigenvalue weighted by Crippen LogP contribution is 2.14. The summed E-state index contributed by atoms with van der Waals surface area (Å²) in [6.45, 7) is 7.13. The van der Waals surface area contributed by atoms with Crippen LogP contribution in [0.3, 0.4) is 0 Å². The quantitative estimate of drug-likeness (QED) is 0.291. The summed E-state index contributed by atoms with van der Waals surface area (Å²) in [5.41, 5.74) is -0.977. The molecule has 3 N–H and O–H groups in total. The number of nitrogens with one attached hydrogen (secondary N) is 2. The number of ether oxygens (including phenoxy) is 2. The van der Waals surface area contributed by atoms with Gasteiger partial charge in [-0.15, -0.1) is 0 Å². The van der Waals surface area contributed by atoms with E-state index in [0.29, 0.717) is 45.2 Å². The molecule has 26 heavy (non-hydrogen) atoms. The van der Waals surface area contributed by atoms with Crippen molar-refractivity contribution in [2.75, 3.05) is 65.7 Å². The topological polar surface area (TPSA) is 78.4 Å². The number of morpholine rings is 1. The minimum Gasteiger partial charge on any atom is -0.387 e. The van der Waals surface area contributed by atoms with Gasteiger partial charge in [0.1, 0.15) is 6.61 Å². The smallest absolute Gasteiger partial charge is 0.387 e. The molecule has 1 aliphatic heterocycles. The number of hydrogen-bond donors (Lipinski definition) is 3. The van der Waals surface area contributed by atoms with Crippen LogP contribution >= 0.6 is 0 Å². The van der Waals surface area contributed by atoms with Crippen LogP contribution in [0.5, 0.6) is 0 Å². The van der Waals surface area contributed by atoms with Crippen molar-refractivity contribution in [3.63, 3.8) is 0 Å². The first kappa shape index (κ1) is 22.9. The van der Waals surface area contributed by atoms with Crippen LogP contribution in [0.4, 0.5) is 13.2 Å². The molecule has 0 aromatic carbocycles. The summed E-state index contributed by atoms with van der Waals surface area (Å²) in [6, 6.07) is 0. The minimum absolute atomic E-state index is 0.0145. The van der Waals surface area contributed by atoms with Crippen LogP contribution in [-0.4, -0.2) is 93.4 Å². The summed E-state index contributed by atoms with van der Waals surface area (Å²) in [5.74, 6) is 0.519. The fourth-order valence-electron chi connectivity index (χ4n) is 2.45. The second-order valence-corrected chi connectivity index (χ2v) is 6.53. The van der Waals surface area contributed by atoms with Crippen molar-refractivity contribution >= 4 is 5.96 Å². The summed E-state index contributed by atoms with van der Waals surface area (Å²) in [6.07, 6.45) is -3.87. The van der Waals surface area contributed by atoms with Gasteiger partial charge in [0.25, 0.3) is 0 Å². The van der Waals surface area contributed by atoms with Crippen LogP contribution < -0.4 is 10.6 Å². The first-order chi connectivity index (χ1) is 12.2. The molecular formula is C16H31F3N4O3. The molecule has 0 aromatic heterocycles. The Morgan fingerprint density at radius 1 is 1.27 bits per heavy atom. The van der Waals surface area contributed by atoms with E-state index in [1.165, 1.54) is 0 Å². The Labute approximate surface area is 152 Å². The zero-order valence-electron chi connectivity index (χ0n) is 15.6. The van der Waals surface area contributed by atoms with E-state index in [1.54, 1.807) is 6.92 Å². The second kappa shape index (κ2) is 11.6. The Hall–Kier alpha value is -1.10. The highest BCUT2D eigenvalue weighted by molar-refractivity contribution is 5.79. The van der Waals surface area contributed by atoms with Crippen molar-refractivity contribution in [2.24, 2.45) is 4.99 Å². The van der Waals surface area contributed by atoms with Crippen LogP contribution in [-0.2, 0) is 9.47 Å². The molecule has 0 aromatic rings. The van der Waals surface area contributed by atoms with Crippen molar-refractivity contribution in [3.8, 4) is 0 Å². The number of halogens is 3. The number of β-amino-alcohol motifs (C(OH)–C–C–N with tert-alkyl or cyclic N) is 1. The van der Waals surface area contributed by atoms with Crippen molar-refractivity contribution in [2.45, 2.75) is 32.0 Å². The Kier molecular flexibility index (Phi) is 10.2. The third kappa shape index (κ3) is 11.5.